The predicted octanol–water partition coefficient (Wildman–Crippen LogP) is 5.02. The Balaban J connectivity index is 1.49. The van der Waals surface area contributed by atoms with Gasteiger partial charge >= 0.3 is 0 Å². The fraction of sp³-hybridized carbons (Fsp3) is 0.417. The van der Waals surface area contributed by atoms with E-state index in [1.165, 1.54) is 12.0 Å². The van der Waals surface area contributed by atoms with Gasteiger partial charge in [0, 0.05) is 6.42 Å². The zero-order chi connectivity index (χ0) is 19.1. The van der Waals surface area contributed by atoms with Crippen LogP contribution in [0, 0.1) is 5.41 Å². The number of benzene rings is 2. The summed E-state index contributed by atoms with van der Waals surface area (Å²) in [6.07, 6.45) is 6.81. The Kier molecular flexibility index (Phi) is 6.44. The lowest BCUT2D eigenvalue weighted by Gasteiger charge is -2.41. The molecule has 142 valence electrons. The van der Waals surface area contributed by atoms with Gasteiger partial charge in [0.1, 0.15) is 0 Å². The molecule has 3 rings (SSSR count). The maximum Gasteiger partial charge on any atom is 0.287 e. The van der Waals surface area contributed by atoms with Crippen molar-refractivity contribution in [3.8, 4) is 0 Å². The highest BCUT2D eigenvalue weighted by molar-refractivity contribution is 6.36. The number of amides is 1. The lowest BCUT2D eigenvalue weighted by atomic mass is 9.63. The molecule has 3 nitrogen and oxygen atoms in total. The topological polar surface area (TPSA) is 46.2 Å². The number of aryl methyl sites for hydroxylation is 1. The summed E-state index contributed by atoms with van der Waals surface area (Å²) in [5.41, 5.74) is 2.40. The van der Waals surface area contributed by atoms with Gasteiger partial charge in [0.15, 0.2) is 0 Å². The standard InChI is InChI=1S/C24H29NO2/c1-19(21-13-6-3-7-14-21)25-23(27)22(26)18-24(16-9-17-24)15-8-12-20-10-4-2-5-11-20/h2-7,10-11,13-14,19H,8-9,12,15-18H2,1H3,(H,25,27)/t19-/m1/s1. The van der Waals surface area contributed by atoms with E-state index in [-0.39, 0.29) is 17.2 Å². The van der Waals surface area contributed by atoms with Crippen LogP contribution in [-0.2, 0) is 16.0 Å². The molecule has 1 atom stereocenters. The van der Waals surface area contributed by atoms with E-state index in [2.05, 4.69) is 29.6 Å². The summed E-state index contributed by atoms with van der Waals surface area (Å²) in [5, 5.41) is 2.86. The molecule has 1 amide bonds. The van der Waals surface area contributed by atoms with Crippen LogP contribution < -0.4 is 5.32 Å². The number of hydrogen-bond donors (Lipinski definition) is 1. The molecular weight excluding hydrogens is 334 g/mol. The summed E-state index contributed by atoms with van der Waals surface area (Å²) in [6, 6.07) is 20.1. The molecule has 27 heavy (non-hydrogen) atoms. The Morgan fingerprint density at radius 2 is 1.63 bits per heavy atom. The van der Waals surface area contributed by atoms with Crippen LogP contribution in [0.2, 0.25) is 0 Å². The largest absolute Gasteiger partial charge is 0.343 e. The van der Waals surface area contributed by atoms with Gasteiger partial charge in [-0.3, -0.25) is 9.59 Å². The molecule has 0 aliphatic heterocycles. The Hall–Kier alpha value is -2.42. The second-order valence-electron chi connectivity index (χ2n) is 7.90. The molecule has 1 saturated carbocycles. The number of ketones is 1. The Bertz CT molecular complexity index is 750. The van der Waals surface area contributed by atoms with Crippen LogP contribution in [0.3, 0.4) is 0 Å². The minimum Gasteiger partial charge on any atom is -0.343 e. The molecule has 1 fully saturated rings. The molecule has 1 aliphatic rings. The molecule has 2 aromatic carbocycles. The van der Waals surface area contributed by atoms with Crippen molar-refractivity contribution in [1.29, 1.82) is 0 Å². The highest BCUT2D eigenvalue weighted by Crippen LogP contribution is 2.48. The van der Waals surface area contributed by atoms with Gasteiger partial charge in [-0.1, -0.05) is 67.1 Å². The van der Waals surface area contributed by atoms with Gasteiger partial charge < -0.3 is 5.32 Å². The Morgan fingerprint density at radius 1 is 1.00 bits per heavy atom. The average Bonchev–Trinajstić information content (AvgIpc) is 2.67. The third-order valence-electron chi connectivity index (χ3n) is 5.87. The first-order valence-corrected chi connectivity index (χ1v) is 10.0. The number of nitrogens with one attached hydrogen (secondary N) is 1. The fourth-order valence-corrected chi connectivity index (χ4v) is 4.03. The van der Waals surface area contributed by atoms with Crippen LogP contribution in [0.5, 0.6) is 0 Å². The third kappa shape index (κ3) is 5.29. The van der Waals surface area contributed by atoms with Crippen molar-refractivity contribution < 1.29 is 9.59 Å². The van der Waals surface area contributed by atoms with Gasteiger partial charge in [-0.05, 0) is 55.6 Å². The van der Waals surface area contributed by atoms with E-state index in [9.17, 15) is 9.59 Å². The summed E-state index contributed by atoms with van der Waals surface area (Å²) in [5.74, 6) is -0.710. The Labute approximate surface area is 162 Å². The molecule has 3 heteroatoms. The molecule has 1 N–H and O–H groups in total. The third-order valence-corrected chi connectivity index (χ3v) is 5.87. The lowest BCUT2D eigenvalue weighted by molar-refractivity contribution is -0.140. The van der Waals surface area contributed by atoms with Crippen LogP contribution in [0.1, 0.15) is 62.6 Å². The summed E-state index contributed by atoms with van der Waals surface area (Å²) < 4.78 is 0. The van der Waals surface area contributed by atoms with Crippen LogP contribution in [0.4, 0.5) is 0 Å². The second kappa shape index (κ2) is 8.98. The minimum absolute atomic E-state index is 0.0409. The van der Waals surface area contributed by atoms with Crippen molar-refractivity contribution >= 4 is 11.7 Å². The van der Waals surface area contributed by atoms with Gasteiger partial charge in [-0.25, -0.2) is 0 Å². The van der Waals surface area contributed by atoms with Gasteiger partial charge in [-0.2, -0.15) is 0 Å². The first kappa shape index (κ1) is 19.3. The molecule has 1 aliphatic carbocycles. The van der Waals surface area contributed by atoms with E-state index in [4.69, 9.17) is 0 Å². The Morgan fingerprint density at radius 3 is 2.22 bits per heavy atom. The monoisotopic (exact) mass is 363 g/mol. The highest BCUT2D eigenvalue weighted by Gasteiger charge is 2.39. The van der Waals surface area contributed by atoms with Crippen molar-refractivity contribution in [2.24, 2.45) is 5.41 Å². The fourth-order valence-electron chi connectivity index (χ4n) is 4.03. The summed E-state index contributed by atoms with van der Waals surface area (Å²) in [7, 11) is 0. The zero-order valence-electron chi connectivity index (χ0n) is 16.1. The normalized spacial score (nSPS) is 16.2. The second-order valence-corrected chi connectivity index (χ2v) is 7.90. The van der Waals surface area contributed by atoms with Crippen LogP contribution in [0.15, 0.2) is 60.7 Å². The van der Waals surface area contributed by atoms with Crippen molar-refractivity contribution in [3.63, 3.8) is 0 Å². The summed E-state index contributed by atoms with van der Waals surface area (Å²) in [4.78, 5) is 24.9. The molecule has 0 aromatic heterocycles. The number of rotatable bonds is 9. The number of Topliss-reactive ketones (excluding diaryl/α,β-unsaturated/α-hetero) is 1. The first-order valence-electron chi connectivity index (χ1n) is 10.0. The maximum atomic E-state index is 12.5. The van der Waals surface area contributed by atoms with Crippen molar-refractivity contribution in [3.05, 3.63) is 71.8 Å². The molecular formula is C24H29NO2. The van der Waals surface area contributed by atoms with Crippen molar-refractivity contribution in [2.75, 3.05) is 0 Å². The highest BCUT2D eigenvalue weighted by atomic mass is 16.2. The summed E-state index contributed by atoms with van der Waals surface area (Å²) >= 11 is 0. The smallest absolute Gasteiger partial charge is 0.287 e. The average molecular weight is 364 g/mol. The van der Waals surface area contributed by atoms with E-state index >= 15 is 0 Å². The van der Waals surface area contributed by atoms with Crippen molar-refractivity contribution in [2.45, 2.75) is 57.9 Å². The number of carbonyl (C=O) groups excluding carboxylic acids is 2. The van der Waals surface area contributed by atoms with Crippen LogP contribution in [0.25, 0.3) is 0 Å². The lowest BCUT2D eigenvalue weighted by Crippen LogP contribution is -2.39. The predicted molar refractivity (Wildman–Crippen MR) is 108 cm³/mol. The zero-order valence-corrected chi connectivity index (χ0v) is 16.1. The van der Waals surface area contributed by atoms with E-state index in [1.54, 1.807) is 0 Å². The van der Waals surface area contributed by atoms with E-state index < -0.39 is 5.91 Å². The molecule has 0 bridgehead atoms. The SMILES string of the molecule is C[C@@H](NC(=O)C(=O)CC1(CCCc2ccccc2)CCC1)c1ccccc1. The summed E-state index contributed by atoms with van der Waals surface area (Å²) in [6.45, 7) is 1.92. The number of carbonyl (C=O) groups is 2. The first-order chi connectivity index (χ1) is 13.1. The van der Waals surface area contributed by atoms with Gasteiger partial charge in [0.2, 0.25) is 5.78 Å². The van der Waals surface area contributed by atoms with E-state index in [0.717, 1.165) is 37.7 Å². The van der Waals surface area contributed by atoms with Gasteiger partial charge in [-0.15, -0.1) is 0 Å². The van der Waals surface area contributed by atoms with Crippen LogP contribution in [-0.4, -0.2) is 11.7 Å². The quantitative estimate of drug-likeness (QED) is 0.636. The molecule has 0 spiro atoms. The van der Waals surface area contributed by atoms with E-state index in [1.807, 2.05) is 43.3 Å². The molecule has 0 radical (unpaired) electrons. The molecule has 2 aromatic rings. The minimum atomic E-state index is -0.444. The van der Waals surface area contributed by atoms with Crippen molar-refractivity contribution in [1.82, 2.24) is 5.32 Å². The number of hydrogen-bond acceptors (Lipinski definition) is 2. The molecule has 0 saturated heterocycles. The molecule has 0 unspecified atom stereocenters. The van der Waals surface area contributed by atoms with E-state index in [0.29, 0.717) is 6.42 Å². The molecule has 0 heterocycles. The van der Waals surface area contributed by atoms with Gasteiger partial charge in [0.25, 0.3) is 5.91 Å². The van der Waals surface area contributed by atoms with Crippen LogP contribution >= 0.6 is 0 Å². The maximum absolute atomic E-state index is 12.5. The van der Waals surface area contributed by atoms with Gasteiger partial charge in [0.05, 0.1) is 6.04 Å².